The molecule has 0 saturated carbocycles. The monoisotopic (exact) mass is 315 g/mol. The zero-order valence-electron chi connectivity index (χ0n) is 10.7. The number of rotatable bonds is 3. The molecule has 0 N–H and O–H groups in total. The van der Waals surface area contributed by atoms with E-state index in [4.69, 9.17) is 0 Å². The zero-order chi connectivity index (χ0) is 13.2. The van der Waals surface area contributed by atoms with Crippen molar-refractivity contribution in [3.05, 3.63) is 64.4 Å². The van der Waals surface area contributed by atoms with Gasteiger partial charge in [0, 0.05) is 18.8 Å². The fourth-order valence-electron chi connectivity index (χ4n) is 2.15. The Hall–Kier alpha value is -1.68. The van der Waals surface area contributed by atoms with Crippen LogP contribution in [0.3, 0.4) is 0 Å². The van der Waals surface area contributed by atoms with Gasteiger partial charge in [-0.3, -0.25) is 9.38 Å². The van der Waals surface area contributed by atoms with E-state index in [0.29, 0.717) is 0 Å². The summed E-state index contributed by atoms with van der Waals surface area (Å²) in [5.41, 5.74) is 3.65. The van der Waals surface area contributed by atoms with Gasteiger partial charge >= 0.3 is 0 Å². The van der Waals surface area contributed by atoms with Gasteiger partial charge in [0.15, 0.2) is 0 Å². The molecule has 0 aliphatic rings. The Morgan fingerprint density at radius 2 is 1.95 bits per heavy atom. The van der Waals surface area contributed by atoms with Gasteiger partial charge in [0.05, 0.1) is 11.7 Å². The lowest BCUT2D eigenvalue weighted by Crippen LogP contribution is -1.98. The van der Waals surface area contributed by atoms with E-state index in [1.54, 1.807) is 6.20 Å². The molecule has 0 saturated heterocycles. The third-order valence-electron chi connectivity index (χ3n) is 3.23. The highest BCUT2D eigenvalue weighted by Crippen LogP contribution is 2.18. The number of imidazole rings is 1. The van der Waals surface area contributed by atoms with Crippen molar-refractivity contribution in [3.8, 4) is 0 Å². The summed E-state index contributed by atoms with van der Waals surface area (Å²) in [4.78, 5) is 8.69. The van der Waals surface area contributed by atoms with Crippen molar-refractivity contribution < 1.29 is 0 Å². The number of hydrogen-bond donors (Lipinski definition) is 0. The normalized spacial score (nSPS) is 11.1. The number of aromatic nitrogens is 3. The van der Waals surface area contributed by atoms with Crippen LogP contribution < -0.4 is 0 Å². The van der Waals surface area contributed by atoms with E-state index in [0.717, 1.165) is 28.8 Å². The molecule has 3 aromatic rings. The number of aryl methyl sites for hydroxylation is 3. The van der Waals surface area contributed by atoms with Crippen molar-refractivity contribution in [2.45, 2.75) is 19.8 Å². The predicted molar refractivity (Wildman–Crippen MR) is 79.3 cm³/mol. The average molecular weight is 316 g/mol. The molecule has 0 amide bonds. The van der Waals surface area contributed by atoms with Crippen LogP contribution in [0, 0.1) is 6.92 Å². The van der Waals surface area contributed by atoms with Crippen LogP contribution in [0.5, 0.6) is 0 Å². The Kier molecular flexibility index (Phi) is 3.34. The molecular formula is C15H14BrN3. The number of nitrogens with zero attached hydrogens (tertiary/aromatic N) is 3. The molecule has 3 nitrogen and oxygen atoms in total. The van der Waals surface area contributed by atoms with Crippen LogP contribution in [0.25, 0.3) is 5.52 Å². The fourth-order valence-corrected chi connectivity index (χ4v) is 2.65. The summed E-state index contributed by atoms with van der Waals surface area (Å²) in [7, 11) is 0. The lowest BCUT2D eigenvalue weighted by atomic mass is 10.1. The Labute approximate surface area is 120 Å². The van der Waals surface area contributed by atoms with Crippen LogP contribution in [0.4, 0.5) is 0 Å². The molecule has 4 heteroatoms. The largest absolute Gasteiger partial charge is 0.300 e. The van der Waals surface area contributed by atoms with Crippen LogP contribution in [-0.2, 0) is 12.8 Å². The Morgan fingerprint density at radius 1 is 1.16 bits per heavy atom. The molecule has 0 bridgehead atoms. The Balaban J connectivity index is 1.84. The third kappa shape index (κ3) is 2.54. The van der Waals surface area contributed by atoms with Crippen LogP contribution >= 0.6 is 15.9 Å². The van der Waals surface area contributed by atoms with Crippen molar-refractivity contribution in [2.24, 2.45) is 0 Å². The highest BCUT2D eigenvalue weighted by molar-refractivity contribution is 9.10. The van der Waals surface area contributed by atoms with Gasteiger partial charge in [-0.15, -0.1) is 0 Å². The van der Waals surface area contributed by atoms with E-state index < -0.39 is 0 Å². The van der Waals surface area contributed by atoms with Crippen molar-refractivity contribution in [3.63, 3.8) is 0 Å². The number of hydrogen-bond acceptors (Lipinski definition) is 2. The second kappa shape index (κ2) is 5.13. The molecule has 0 unspecified atom stereocenters. The van der Waals surface area contributed by atoms with Crippen LogP contribution in [0.2, 0.25) is 0 Å². The van der Waals surface area contributed by atoms with Gasteiger partial charge in [0.1, 0.15) is 10.4 Å². The number of halogens is 1. The molecule has 96 valence electrons. The van der Waals surface area contributed by atoms with Crippen molar-refractivity contribution in [1.29, 1.82) is 0 Å². The standard InChI is InChI=1S/C15H14BrN3/c1-11-2-4-12(5-3-11)6-7-14-18-15(16)13-10-17-8-9-19(13)14/h2-5,8-10H,6-7H2,1H3. The van der Waals surface area contributed by atoms with Gasteiger partial charge in [-0.2, -0.15) is 0 Å². The first-order chi connectivity index (χ1) is 9.24. The lowest BCUT2D eigenvalue weighted by molar-refractivity contribution is 0.849. The molecule has 2 aromatic heterocycles. The molecule has 0 atom stereocenters. The Morgan fingerprint density at radius 3 is 2.74 bits per heavy atom. The van der Waals surface area contributed by atoms with Gasteiger partial charge in [-0.05, 0) is 34.8 Å². The predicted octanol–water partition coefficient (Wildman–Crippen LogP) is 3.59. The minimum atomic E-state index is 0.861. The summed E-state index contributed by atoms with van der Waals surface area (Å²) >= 11 is 3.48. The maximum absolute atomic E-state index is 4.56. The maximum Gasteiger partial charge on any atom is 0.133 e. The van der Waals surface area contributed by atoms with E-state index in [1.165, 1.54) is 11.1 Å². The minimum absolute atomic E-state index is 0.861. The van der Waals surface area contributed by atoms with E-state index in [1.807, 2.05) is 12.4 Å². The summed E-state index contributed by atoms with van der Waals surface area (Å²) in [6.45, 7) is 2.11. The highest BCUT2D eigenvalue weighted by atomic mass is 79.9. The van der Waals surface area contributed by atoms with Gasteiger partial charge in [-0.25, -0.2) is 4.98 Å². The van der Waals surface area contributed by atoms with Crippen LogP contribution in [-0.4, -0.2) is 14.4 Å². The van der Waals surface area contributed by atoms with E-state index in [-0.39, 0.29) is 0 Å². The van der Waals surface area contributed by atoms with Gasteiger partial charge in [0.2, 0.25) is 0 Å². The minimum Gasteiger partial charge on any atom is -0.300 e. The van der Waals surface area contributed by atoms with Gasteiger partial charge in [0.25, 0.3) is 0 Å². The SMILES string of the molecule is Cc1ccc(CCc2nc(Br)c3cnccn23)cc1. The third-order valence-corrected chi connectivity index (χ3v) is 3.82. The summed E-state index contributed by atoms with van der Waals surface area (Å²) in [5.74, 6) is 1.06. The zero-order valence-corrected chi connectivity index (χ0v) is 12.3. The first-order valence-electron chi connectivity index (χ1n) is 6.26. The molecule has 19 heavy (non-hydrogen) atoms. The molecule has 0 fully saturated rings. The summed E-state index contributed by atoms with van der Waals surface area (Å²) in [6.07, 6.45) is 7.48. The fraction of sp³-hybridized carbons (Fsp3) is 0.200. The van der Waals surface area contributed by atoms with Crippen LogP contribution in [0.15, 0.2) is 47.5 Å². The van der Waals surface area contributed by atoms with Crippen molar-refractivity contribution in [1.82, 2.24) is 14.4 Å². The van der Waals surface area contributed by atoms with E-state index in [2.05, 4.69) is 61.5 Å². The lowest BCUT2D eigenvalue weighted by Gasteiger charge is -2.02. The topological polar surface area (TPSA) is 30.2 Å². The van der Waals surface area contributed by atoms with Crippen molar-refractivity contribution >= 4 is 21.4 Å². The molecule has 0 radical (unpaired) electrons. The molecule has 1 aromatic carbocycles. The molecule has 0 spiro atoms. The first kappa shape index (κ1) is 12.4. The maximum atomic E-state index is 4.56. The van der Waals surface area contributed by atoms with Crippen LogP contribution in [0.1, 0.15) is 17.0 Å². The number of fused-ring (bicyclic) bond motifs is 1. The summed E-state index contributed by atoms with van der Waals surface area (Å²) in [5, 5.41) is 0. The molecular weight excluding hydrogens is 302 g/mol. The summed E-state index contributed by atoms with van der Waals surface area (Å²) < 4.78 is 2.95. The quantitative estimate of drug-likeness (QED) is 0.739. The van der Waals surface area contributed by atoms with Crippen molar-refractivity contribution in [2.75, 3.05) is 0 Å². The second-order valence-electron chi connectivity index (χ2n) is 4.64. The van der Waals surface area contributed by atoms with E-state index >= 15 is 0 Å². The molecule has 3 rings (SSSR count). The Bertz CT molecular complexity index is 701. The average Bonchev–Trinajstić information content (AvgIpc) is 2.76. The second-order valence-corrected chi connectivity index (χ2v) is 5.39. The smallest absolute Gasteiger partial charge is 0.133 e. The van der Waals surface area contributed by atoms with Gasteiger partial charge < -0.3 is 0 Å². The summed E-state index contributed by atoms with van der Waals surface area (Å²) in [6, 6.07) is 8.67. The molecule has 2 heterocycles. The van der Waals surface area contributed by atoms with Gasteiger partial charge in [-0.1, -0.05) is 29.8 Å². The molecule has 0 aliphatic carbocycles. The van der Waals surface area contributed by atoms with E-state index in [9.17, 15) is 0 Å². The first-order valence-corrected chi connectivity index (χ1v) is 7.05. The molecule has 0 aliphatic heterocycles. The number of benzene rings is 1. The highest BCUT2D eigenvalue weighted by Gasteiger charge is 2.08.